The van der Waals surface area contributed by atoms with E-state index in [4.69, 9.17) is 0 Å². The summed E-state index contributed by atoms with van der Waals surface area (Å²) in [6, 6.07) is 9.04. The molecule has 2 aromatic rings. The number of aromatic nitrogens is 3. The molecule has 1 aromatic carbocycles. The van der Waals surface area contributed by atoms with Gasteiger partial charge in [-0.25, -0.2) is 4.68 Å². The molecule has 0 saturated heterocycles. The Labute approximate surface area is 123 Å². The van der Waals surface area contributed by atoms with E-state index in [9.17, 15) is 0 Å². The molecule has 0 saturated carbocycles. The van der Waals surface area contributed by atoms with E-state index in [1.807, 2.05) is 11.8 Å². The summed E-state index contributed by atoms with van der Waals surface area (Å²) in [5.41, 5.74) is 2.87. The van der Waals surface area contributed by atoms with E-state index in [1.54, 1.807) is 0 Å². The zero-order valence-electron chi connectivity index (χ0n) is 11.4. The van der Waals surface area contributed by atoms with Crippen LogP contribution in [-0.2, 0) is 13.0 Å². The number of anilines is 1. The first-order valence-corrected chi connectivity index (χ1v) is 8.31. The lowest BCUT2D eigenvalue weighted by Crippen LogP contribution is -2.09. The maximum absolute atomic E-state index is 4.65. The number of nitrogens with zero attached hydrogens (tertiary/aromatic N) is 3. The number of thioether (sulfide) groups is 1. The lowest BCUT2D eigenvalue weighted by molar-refractivity contribution is 0.539. The third-order valence-corrected chi connectivity index (χ3v) is 5.12. The monoisotopic (exact) mass is 286 g/mol. The minimum absolute atomic E-state index is 0.364. The molecule has 0 unspecified atom stereocenters. The van der Waals surface area contributed by atoms with Crippen molar-refractivity contribution in [3.05, 3.63) is 35.4 Å². The highest BCUT2D eigenvalue weighted by atomic mass is 32.2. The lowest BCUT2D eigenvalue weighted by atomic mass is 10.1. The number of nitrogens with one attached hydrogen (secondary N) is 1. The summed E-state index contributed by atoms with van der Waals surface area (Å²) < 4.78 is 2.06. The number of fused-ring (bicyclic) bond motifs is 2. The van der Waals surface area contributed by atoms with Crippen molar-refractivity contribution in [2.75, 3.05) is 11.1 Å². The second-order valence-electron chi connectivity index (χ2n) is 5.43. The van der Waals surface area contributed by atoms with Gasteiger partial charge in [-0.15, -0.1) is 5.10 Å². The SMILES string of the molecule is c1ccc2c(c1)CC[C@H]2Nc1nc2n(n1)CCCCS2. The fraction of sp³-hybridized carbons (Fsp3) is 0.467. The van der Waals surface area contributed by atoms with Crippen molar-refractivity contribution in [1.29, 1.82) is 0 Å². The predicted octanol–water partition coefficient (Wildman–Crippen LogP) is 3.26. The van der Waals surface area contributed by atoms with Gasteiger partial charge in [-0.05, 0) is 36.8 Å². The Kier molecular flexibility index (Phi) is 3.14. The van der Waals surface area contributed by atoms with Crippen molar-refractivity contribution in [2.24, 2.45) is 0 Å². The number of hydrogen-bond acceptors (Lipinski definition) is 4. The number of rotatable bonds is 2. The van der Waals surface area contributed by atoms with Crippen LogP contribution in [0.5, 0.6) is 0 Å². The Morgan fingerprint density at radius 2 is 2.20 bits per heavy atom. The van der Waals surface area contributed by atoms with E-state index >= 15 is 0 Å². The summed E-state index contributed by atoms with van der Waals surface area (Å²) in [6.45, 7) is 0.998. The first kappa shape index (κ1) is 12.3. The summed E-state index contributed by atoms with van der Waals surface area (Å²) >= 11 is 1.82. The summed E-state index contributed by atoms with van der Waals surface area (Å²) in [4.78, 5) is 4.65. The zero-order chi connectivity index (χ0) is 13.4. The van der Waals surface area contributed by atoms with E-state index in [2.05, 4.69) is 44.3 Å². The molecule has 20 heavy (non-hydrogen) atoms. The Balaban J connectivity index is 1.56. The van der Waals surface area contributed by atoms with Crippen molar-refractivity contribution in [3.8, 4) is 0 Å². The smallest absolute Gasteiger partial charge is 0.243 e. The predicted molar refractivity (Wildman–Crippen MR) is 81.1 cm³/mol. The van der Waals surface area contributed by atoms with Gasteiger partial charge in [-0.3, -0.25) is 0 Å². The van der Waals surface area contributed by atoms with Crippen molar-refractivity contribution in [1.82, 2.24) is 14.8 Å². The van der Waals surface area contributed by atoms with Crippen LogP contribution in [0.25, 0.3) is 0 Å². The molecule has 4 nitrogen and oxygen atoms in total. The van der Waals surface area contributed by atoms with E-state index in [0.29, 0.717) is 6.04 Å². The molecule has 0 amide bonds. The molecule has 4 rings (SSSR count). The van der Waals surface area contributed by atoms with Gasteiger partial charge in [0.15, 0.2) is 5.16 Å². The maximum atomic E-state index is 4.65. The molecule has 2 heterocycles. The van der Waals surface area contributed by atoms with E-state index in [0.717, 1.165) is 36.2 Å². The fourth-order valence-electron chi connectivity index (χ4n) is 3.03. The van der Waals surface area contributed by atoms with Gasteiger partial charge in [0, 0.05) is 12.3 Å². The average molecular weight is 286 g/mol. The van der Waals surface area contributed by atoms with Gasteiger partial charge in [-0.2, -0.15) is 4.98 Å². The average Bonchev–Trinajstić information content (AvgIpc) is 2.98. The normalized spacial score (nSPS) is 21.1. The van der Waals surface area contributed by atoms with Gasteiger partial charge in [0.25, 0.3) is 0 Å². The first-order valence-electron chi connectivity index (χ1n) is 7.32. The highest BCUT2D eigenvalue weighted by Gasteiger charge is 2.23. The highest BCUT2D eigenvalue weighted by Crippen LogP contribution is 2.33. The summed E-state index contributed by atoms with van der Waals surface area (Å²) in [5.74, 6) is 1.95. The largest absolute Gasteiger partial charge is 0.346 e. The van der Waals surface area contributed by atoms with E-state index < -0.39 is 0 Å². The van der Waals surface area contributed by atoms with Crippen LogP contribution in [0.3, 0.4) is 0 Å². The van der Waals surface area contributed by atoms with Crippen LogP contribution in [0, 0.1) is 0 Å². The van der Waals surface area contributed by atoms with Gasteiger partial charge in [0.2, 0.25) is 5.95 Å². The summed E-state index contributed by atoms with van der Waals surface area (Å²) in [6.07, 6.45) is 4.75. The summed E-state index contributed by atoms with van der Waals surface area (Å²) in [5, 5.41) is 9.21. The van der Waals surface area contributed by atoms with E-state index in [1.165, 1.54) is 24.0 Å². The number of aryl methyl sites for hydroxylation is 2. The van der Waals surface area contributed by atoms with Crippen LogP contribution < -0.4 is 5.32 Å². The summed E-state index contributed by atoms with van der Waals surface area (Å²) in [7, 11) is 0. The third-order valence-electron chi connectivity index (χ3n) is 4.07. The number of hydrogen-bond donors (Lipinski definition) is 1. The molecular weight excluding hydrogens is 268 g/mol. The Hall–Kier alpha value is -1.49. The van der Waals surface area contributed by atoms with Gasteiger partial charge in [-0.1, -0.05) is 36.0 Å². The molecule has 1 aromatic heterocycles. The van der Waals surface area contributed by atoms with Gasteiger partial charge >= 0.3 is 0 Å². The molecule has 2 aliphatic rings. The molecule has 1 aliphatic carbocycles. The van der Waals surface area contributed by atoms with Crippen LogP contribution in [0.4, 0.5) is 5.95 Å². The Morgan fingerprint density at radius 3 is 3.20 bits per heavy atom. The molecule has 0 fully saturated rings. The molecule has 5 heteroatoms. The van der Waals surface area contributed by atoms with Crippen molar-refractivity contribution in [3.63, 3.8) is 0 Å². The minimum Gasteiger partial charge on any atom is -0.346 e. The Bertz CT molecular complexity index is 599. The molecule has 0 bridgehead atoms. The quantitative estimate of drug-likeness (QED) is 0.920. The minimum atomic E-state index is 0.364. The van der Waals surface area contributed by atoms with Crippen LogP contribution in [0.2, 0.25) is 0 Å². The molecular formula is C15H18N4S. The van der Waals surface area contributed by atoms with Crippen LogP contribution in [0.1, 0.15) is 36.4 Å². The molecule has 0 spiro atoms. The van der Waals surface area contributed by atoms with Crippen LogP contribution in [-0.4, -0.2) is 20.5 Å². The van der Waals surface area contributed by atoms with Crippen LogP contribution >= 0.6 is 11.8 Å². The zero-order valence-corrected chi connectivity index (χ0v) is 12.2. The topological polar surface area (TPSA) is 42.7 Å². The standard InChI is InChI=1S/C15H18N4S/c1-2-6-12-11(5-1)7-8-13(12)16-14-17-15-19(18-14)9-3-4-10-20-15/h1-2,5-6,13H,3-4,7-10H2,(H,16,18)/t13-/m1/s1. The first-order chi connectivity index (χ1) is 9.90. The second kappa shape index (κ2) is 5.13. The maximum Gasteiger partial charge on any atom is 0.243 e. The van der Waals surface area contributed by atoms with Crippen LogP contribution in [0.15, 0.2) is 29.4 Å². The van der Waals surface area contributed by atoms with Gasteiger partial charge in [0.1, 0.15) is 0 Å². The van der Waals surface area contributed by atoms with Gasteiger partial charge < -0.3 is 5.32 Å². The fourth-order valence-corrected chi connectivity index (χ4v) is 3.99. The second-order valence-corrected chi connectivity index (χ2v) is 6.49. The number of benzene rings is 1. The van der Waals surface area contributed by atoms with Crippen molar-refractivity contribution in [2.45, 2.75) is 43.4 Å². The molecule has 1 aliphatic heterocycles. The van der Waals surface area contributed by atoms with E-state index in [-0.39, 0.29) is 0 Å². The van der Waals surface area contributed by atoms with Gasteiger partial charge in [0.05, 0.1) is 6.04 Å². The molecule has 1 atom stereocenters. The van der Waals surface area contributed by atoms with Crippen molar-refractivity contribution < 1.29 is 0 Å². The molecule has 0 radical (unpaired) electrons. The molecule has 1 N–H and O–H groups in total. The highest BCUT2D eigenvalue weighted by molar-refractivity contribution is 7.99. The lowest BCUT2D eigenvalue weighted by Gasteiger charge is -2.12. The Morgan fingerprint density at radius 1 is 1.25 bits per heavy atom. The molecule has 104 valence electrons. The van der Waals surface area contributed by atoms with Crippen molar-refractivity contribution >= 4 is 17.7 Å². The third kappa shape index (κ3) is 2.20.